The molecule has 2 amide bonds. The minimum absolute atomic E-state index is 0.0106. The molecule has 2 saturated carbocycles. The van der Waals surface area contributed by atoms with Gasteiger partial charge in [0.25, 0.3) is 5.91 Å². The first-order valence-corrected chi connectivity index (χ1v) is 10.6. The van der Waals surface area contributed by atoms with Gasteiger partial charge in [-0.25, -0.2) is 0 Å². The molecule has 0 radical (unpaired) electrons. The molecule has 5 rings (SSSR count). The van der Waals surface area contributed by atoms with Crippen LogP contribution in [0.1, 0.15) is 23.2 Å². The van der Waals surface area contributed by atoms with E-state index in [1.54, 1.807) is 49.6 Å². The van der Waals surface area contributed by atoms with Gasteiger partial charge in [0.15, 0.2) is 0 Å². The van der Waals surface area contributed by atoms with Crippen LogP contribution in [0, 0.1) is 23.7 Å². The molecule has 1 saturated heterocycles. The summed E-state index contributed by atoms with van der Waals surface area (Å²) in [4.78, 5) is 38.0. The predicted molar refractivity (Wildman–Crippen MR) is 116 cm³/mol. The smallest absolute Gasteiger partial charge is 0.310 e. The molecule has 1 aliphatic heterocycles. The highest BCUT2D eigenvalue weighted by molar-refractivity contribution is 6.06. The van der Waals surface area contributed by atoms with Gasteiger partial charge in [-0.1, -0.05) is 6.07 Å². The lowest BCUT2D eigenvalue weighted by Gasteiger charge is -2.23. The Bertz CT molecular complexity index is 1100. The molecule has 0 aromatic heterocycles. The lowest BCUT2D eigenvalue weighted by atomic mass is 9.79. The Kier molecular flexibility index (Phi) is 5.00. The van der Waals surface area contributed by atoms with Crippen molar-refractivity contribution in [2.45, 2.75) is 18.9 Å². The summed E-state index contributed by atoms with van der Waals surface area (Å²) in [6.45, 7) is 0. The number of hydrogen-bond donors (Lipinski definition) is 2. The van der Waals surface area contributed by atoms with Crippen LogP contribution in [-0.4, -0.2) is 38.1 Å². The molecule has 0 spiro atoms. The average molecular weight is 436 g/mol. The number of hydrogen-bond acceptors (Lipinski definition) is 6. The third-order valence-corrected chi connectivity index (χ3v) is 6.84. The second kappa shape index (κ2) is 7.85. The molecule has 166 valence electrons. The lowest BCUT2D eigenvalue weighted by Crippen LogP contribution is -2.35. The number of carbonyl (C=O) groups is 3. The van der Waals surface area contributed by atoms with Gasteiger partial charge in [-0.05, 0) is 49.1 Å². The fourth-order valence-corrected chi connectivity index (χ4v) is 5.42. The number of rotatable bonds is 6. The Morgan fingerprint density at radius 2 is 1.88 bits per heavy atom. The van der Waals surface area contributed by atoms with E-state index >= 15 is 0 Å². The number of anilines is 2. The summed E-state index contributed by atoms with van der Waals surface area (Å²) in [5.41, 5.74) is 1.40. The summed E-state index contributed by atoms with van der Waals surface area (Å²) in [7, 11) is 3.07. The fraction of sp³-hybridized carbons (Fsp3) is 0.375. The van der Waals surface area contributed by atoms with Crippen molar-refractivity contribution < 1.29 is 28.6 Å². The maximum Gasteiger partial charge on any atom is 0.310 e. The van der Waals surface area contributed by atoms with Gasteiger partial charge in [0.05, 0.1) is 31.7 Å². The third kappa shape index (κ3) is 3.36. The monoisotopic (exact) mass is 436 g/mol. The van der Waals surface area contributed by atoms with Crippen LogP contribution in [0.3, 0.4) is 0 Å². The number of ether oxygens (including phenoxy) is 3. The number of nitrogens with one attached hydrogen (secondary N) is 2. The topological polar surface area (TPSA) is 103 Å². The maximum atomic E-state index is 13.0. The van der Waals surface area contributed by atoms with Gasteiger partial charge in [0.1, 0.15) is 17.6 Å². The van der Waals surface area contributed by atoms with Crippen LogP contribution < -0.4 is 20.1 Å². The maximum absolute atomic E-state index is 13.0. The first kappa shape index (κ1) is 20.4. The van der Waals surface area contributed by atoms with Crippen molar-refractivity contribution in [3.8, 4) is 11.5 Å². The highest BCUT2D eigenvalue weighted by Gasteiger charge is 2.63. The zero-order valence-corrected chi connectivity index (χ0v) is 17.8. The highest BCUT2D eigenvalue weighted by Crippen LogP contribution is 2.57. The van der Waals surface area contributed by atoms with Gasteiger partial charge in [-0.15, -0.1) is 0 Å². The molecule has 8 heteroatoms. The first-order chi connectivity index (χ1) is 15.5. The largest absolute Gasteiger partial charge is 0.497 e. The van der Waals surface area contributed by atoms with Crippen LogP contribution in [0.15, 0.2) is 42.5 Å². The van der Waals surface area contributed by atoms with Gasteiger partial charge in [-0.2, -0.15) is 0 Å². The molecule has 3 aliphatic rings. The summed E-state index contributed by atoms with van der Waals surface area (Å²) in [6.07, 6.45) is 1.62. The van der Waals surface area contributed by atoms with Gasteiger partial charge < -0.3 is 24.8 Å². The van der Waals surface area contributed by atoms with Gasteiger partial charge in [0.2, 0.25) is 5.91 Å². The number of fused-ring (bicyclic) bond motifs is 1. The van der Waals surface area contributed by atoms with Crippen LogP contribution in [0.25, 0.3) is 0 Å². The van der Waals surface area contributed by atoms with E-state index in [2.05, 4.69) is 10.6 Å². The van der Waals surface area contributed by atoms with Crippen molar-refractivity contribution in [3.05, 3.63) is 48.0 Å². The minimum atomic E-state index is -0.368. The zero-order chi connectivity index (χ0) is 22.4. The molecule has 32 heavy (non-hydrogen) atoms. The second-order valence-electron chi connectivity index (χ2n) is 8.51. The van der Waals surface area contributed by atoms with Gasteiger partial charge >= 0.3 is 5.97 Å². The van der Waals surface area contributed by atoms with Crippen molar-refractivity contribution in [2.24, 2.45) is 23.7 Å². The number of benzene rings is 2. The SMILES string of the molecule is COc1ccc(NC(=O)c2cccc(NC(=O)[C@@H]3[C@@H]4C[C@@H]5[C@@H]3C(=O)O[C@H]5C4)c2)c(OC)c1. The summed E-state index contributed by atoms with van der Waals surface area (Å²) >= 11 is 0. The Morgan fingerprint density at radius 1 is 1.03 bits per heavy atom. The molecule has 8 nitrogen and oxygen atoms in total. The molecule has 5 atom stereocenters. The molecule has 2 aromatic carbocycles. The molecule has 2 aromatic rings. The van der Waals surface area contributed by atoms with Crippen LogP contribution >= 0.6 is 0 Å². The van der Waals surface area contributed by atoms with Crippen LogP contribution in [0.5, 0.6) is 11.5 Å². The molecular formula is C24H24N2O6. The number of amides is 2. The van der Waals surface area contributed by atoms with Crippen LogP contribution in [-0.2, 0) is 14.3 Å². The second-order valence-corrected chi connectivity index (χ2v) is 8.51. The standard InChI is InChI=1S/C24H24N2O6/c1-30-15-6-7-17(19(11-15)31-2)26-22(27)12-4-3-5-14(8-12)25-23(28)20-13-9-16-18(10-13)32-24(29)21(16)20/h3-8,11,13,16,18,20-21H,9-10H2,1-2H3,(H,25,28)(H,26,27)/t13-,16+,18+,20-,21+/m1/s1. The third-order valence-electron chi connectivity index (χ3n) is 6.84. The predicted octanol–water partition coefficient (Wildman–Crippen LogP) is 3.09. The summed E-state index contributed by atoms with van der Waals surface area (Å²) in [5, 5.41) is 5.72. The minimum Gasteiger partial charge on any atom is -0.497 e. The average Bonchev–Trinajstić information content (AvgIpc) is 3.42. The molecule has 3 fully saturated rings. The van der Waals surface area contributed by atoms with Crippen LogP contribution in [0.2, 0.25) is 0 Å². The zero-order valence-electron chi connectivity index (χ0n) is 17.8. The Morgan fingerprint density at radius 3 is 2.66 bits per heavy atom. The van der Waals surface area contributed by atoms with E-state index in [1.807, 2.05) is 0 Å². The van der Waals surface area contributed by atoms with Gasteiger partial charge in [0, 0.05) is 23.2 Å². The normalized spacial score (nSPS) is 27.1. The van der Waals surface area contributed by atoms with Crippen molar-refractivity contribution >= 4 is 29.2 Å². The quantitative estimate of drug-likeness (QED) is 0.675. The number of carbonyl (C=O) groups excluding carboxylic acids is 3. The lowest BCUT2D eigenvalue weighted by molar-refractivity contribution is -0.145. The van der Waals surface area contributed by atoms with E-state index in [9.17, 15) is 14.4 Å². The van der Waals surface area contributed by atoms with Crippen molar-refractivity contribution in [2.75, 3.05) is 24.9 Å². The van der Waals surface area contributed by atoms with E-state index in [-0.39, 0.29) is 47.6 Å². The number of esters is 1. The molecular weight excluding hydrogens is 412 g/mol. The van der Waals surface area contributed by atoms with E-state index in [4.69, 9.17) is 14.2 Å². The summed E-state index contributed by atoms with van der Waals surface area (Å²) in [5.74, 6) is -0.0548. The summed E-state index contributed by atoms with van der Waals surface area (Å²) < 4.78 is 15.9. The molecule has 2 N–H and O–H groups in total. The Labute approximate surface area is 185 Å². The van der Waals surface area contributed by atoms with E-state index in [1.165, 1.54) is 7.11 Å². The van der Waals surface area contributed by atoms with Crippen molar-refractivity contribution in [3.63, 3.8) is 0 Å². The fourth-order valence-electron chi connectivity index (χ4n) is 5.42. The number of methoxy groups -OCH3 is 2. The van der Waals surface area contributed by atoms with Crippen molar-refractivity contribution in [1.29, 1.82) is 0 Å². The Balaban J connectivity index is 1.29. The highest BCUT2D eigenvalue weighted by atomic mass is 16.6. The van der Waals surface area contributed by atoms with E-state index in [0.29, 0.717) is 28.4 Å². The van der Waals surface area contributed by atoms with Gasteiger partial charge in [-0.3, -0.25) is 14.4 Å². The Hall–Kier alpha value is -3.55. The molecule has 2 bridgehead atoms. The van der Waals surface area contributed by atoms with Crippen molar-refractivity contribution in [1.82, 2.24) is 0 Å². The first-order valence-electron chi connectivity index (χ1n) is 10.6. The van der Waals surface area contributed by atoms with Crippen LogP contribution in [0.4, 0.5) is 11.4 Å². The summed E-state index contributed by atoms with van der Waals surface area (Å²) in [6, 6.07) is 11.8. The molecule has 2 aliphatic carbocycles. The van der Waals surface area contributed by atoms with E-state index < -0.39 is 0 Å². The molecule has 0 unspecified atom stereocenters. The molecule has 1 heterocycles. The van der Waals surface area contributed by atoms with E-state index in [0.717, 1.165) is 12.8 Å².